The summed E-state index contributed by atoms with van der Waals surface area (Å²) in [6, 6.07) is 13.7. The minimum Gasteiger partial charge on any atom is -0.346 e. The van der Waals surface area contributed by atoms with Gasteiger partial charge in [0.15, 0.2) is 0 Å². The second-order valence-corrected chi connectivity index (χ2v) is 14.2. The van der Waals surface area contributed by atoms with Crippen LogP contribution >= 0.6 is 11.3 Å². The third kappa shape index (κ3) is 5.61. The lowest BCUT2D eigenvalue weighted by molar-refractivity contribution is -0.143. The fraction of sp³-hybridized carbons (Fsp3) is 0.486. The van der Waals surface area contributed by atoms with Gasteiger partial charge in [0.1, 0.15) is 4.83 Å². The summed E-state index contributed by atoms with van der Waals surface area (Å²) < 4.78 is 0. The van der Waals surface area contributed by atoms with Crippen LogP contribution in [0, 0.1) is 19.8 Å². The molecule has 3 fully saturated rings. The predicted octanol–water partition coefficient (Wildman–Crippen LogP) is 7.52. The molecule has 0 radical (unpaired) electrons. The van der Waals surface area contributed by atoms with Crippen LogP contribution in [0.4, 0.5) is 0 Å². The maximum atomic E-state index is 14.0. The van der Waals surface area contributed by atoms with Crippen LogP contribution in [0.25, 0.3) is 21.5 Å². The van der Waals surface area contributed by atoms with Gasteiger partial charge in [-0.05, 0) is 125 Å². The Hall–Kier alpha value is -2.96. The van der Waals surface area contributed by atoms with Gasteiger partial charge in [-0.2, -0.15) is 0 Å². The van der Waals surface area contributed by atoms with E-state index < -0.39 is 5.41 Å². The summed E-state index contributed by atoms with van der Waals surface area (Å²) in [5.41, 5.74) is 7.12. The Labute approximate surface area is 248 Å². The van der Waals surface area contributed by atoms with E-state index in [0.717, 1.165) is 30.9 Å². The average molecular weight is 569 g/mol. The molecule has 1 amide bonds. The van der Waals surface area contributed by atoms with Crippen LogP contribution in [0.1, 0.15) is 79.5 Å². The number of H-pyrrole nitrogens is 1. The Morgan fingerprint density at radius 3 is 2.46 bits per heavy atom. The first-order valence-corrected chi connectivity index (χ1v) is 16.2. The molecule has 4 aromatic rings. The highest BCUT2D eigenvalue weighted by Crippen LogP contribution is 2.44. The smallest absolute Gasteiger partial charge is 0.233 e. The lowest BCUT2D eigenvalue weighted by atomic mass is 9.78. The van der Waals surface area contributed by atoms with E-state index in [1.807, 2.05) is 12.4 Å². The first kappa shape index (κ1) is 28.2. The SMILES string of the molecule is Cc1cc(C)cc(-c2[nH]c3sc(C(C)(C)C(=O)N4CC5CCC4CC5)cc3c2[C@H](C)CNCCc2ccncc2)c1. The number of nitrogens with zero attached hydrogens (tertiary/aromatic N) is 2. The second-order valence-electron chi connectivity index (χ2n) is 13.1. The zero-order valence-electron chi connectivity index (χ0n) is 25.2. The molecule has 7 rings (SSSR count). The highest BCUT2D eigenvalue weighted by molar-refractivity contribution is 7.19. The minimum absolute atomic E-state index is 0.302. The first-order chi connectivity index (χ1) is 19.7. The lowest BCUT2D eigenvalue weighted by Gasteiger charge is -2.47. The molecule has 5 nitrogen and oxygen atoms in total. The van der Waals surface area contributed by atoms with E-state index in [-0.39, 0.29) is 0 Å². The zero-order valence-corrected chi connectivity index (χ0v) is 26.0. The third-order valence-corrected chi connectivity index (χ3v) is 10.8. The standard InChI is InChI=1S/C35H44N4OS/c1-22-16-23(2)18-27(17-22)32-31(24(3)20-37-15-12-25-10-13-36-14-11-25)29-19-30(41-33(29)38-32)35(4,5)34(40)39-21-26-6-8-28(39)9-7-26/h10-11,13-14,16-19,24,26,28,37-38H,6-9,12,15,20-21H2,1-5H3/t24-,26?,28?/m1/s1. The van der Waals surface area contributed by atoms with Crippen molar-refractivity contribution in [3.8, 4) is 11.3 Å². The fourth-order valence-corrected chi connectivity index (χ4v) is 8.32. The molecule has 2 bridgehead atoms. The van der Waals surface area contributed by atoms with Gasteiger partial charge in [-0.3, -0.25) is 9.78 Å². The van der Waals surface area contributed by atoms with Gasteiger partial charge in [-0.25, -0.2) is 0 Å². The minimum atomic E-state index is -0.536. The molecule has 2 saturated heterocycles. The Morgan fingerprint density at radius 2 is 1.80 bits per heavy atom. The molecule has 3 aromatic heterocycles. The van der Waals surface area contributed by atoms with Gasteiger partial charge in [-0.15, -0.1) is 11.3 Å². The number of rotatable bonds is 9. The quantitative estimate of drug-likeness (QED) is 0.205. The molecule has 5 heterocycles. The molecule has 1 aliphatic carbocycles. The van der Waals surface area contributed by atoms with E-state index in [1.54, 1.807) is 11.3 Å². The van der Waals surface area contributed by atoms with Gasteiger partial charge < -0.3 is 15.2 Å². The Bertz CT molecular complexity index is 1510. The number of fused-ring (bicyclic) bond motifs is 4. The van der Waals surface area contributed by atoms with Gasteiger partial charge in [0.25, 0.3) is 0 Å². The number of aryl methyl sites for hydroxylation is 2. The van der Waals surface area contributed by atoms with Crippen molar-refractivity contribution in [2.24, 2.45) is 5.92 Å². The monoisotopic (exact) mass is 568 g/mol. The van der Waals surface area contributed by atoms with Crippen LogP contribution in [0.15, 0.2) is 48.8 Å². The summed E-state index contributed by atoms with van der Waals surface area (Å²) in [6.07, 6.45) is 9.63. The summed E-state index contributed by atoms with van der Waals surface area (Å²) in [5, 5.41) is 4.98. The summed E-state index contributed by atoms with van der Waals surface area (Å²) >= 11 is 1.77. The van der Waals surface area contributed by atoms with Crippen LogP contribution in [-0.2, 0) is 16.6 Å². The largest absolute Gasteiger partial charge is 0.346 e. The van der Waals surface area contributed by atoms with E-state index >= 15 is 0 Å². The number of hydrogen-bond acceptors (Lipinski definition) is 4. The number of carbonyl (C=O) groups excluding carboxylic acids is 1. The van der Waals surface area contributed by atoms with Crippen molar-refractivity contribution in [2.45, 2.75) is 84.1 Å². The molecule has 3 aliphatic rings. The molecular weight excluding hydrogens is 524 g/mol. The molecule has 216 valence electrons. The highest BCUT2D eigenvalue weighted by Gasteiger charge is 2.43. The molecule has 1 saturated carbocycles. The molecule has 1 atom stereocenters. The maximum absolute atomic E-state index is 14.0. The van der Waals surface area contributed by atoms with Gasteiger partial charge in [0, 0.05) is 41.8 Å². The number of aromatic nitrogens is 2. The van der Waals surface area contributed by atoms with Crippen LogP contribution in [0.2, 0.25) is 0 Å². The van der Waals surface area contributed by atoms with E-state index in [2.05, 4.69) is 91.2 Å². The molecule has 41 heavy (non-hydrogen) atoms. The Kier molecular flexibility index (Phi) is 7.82. The van der Waals surface area contributed by atoms with Crippen molar-refractivity contribution in [3.63, 3.8) is 0 Å². The van der Waals surface area contributed by atoms with Crippen LogP contribution in [0.3, 0.4) is 0 Å². The molecule has 1 aromatic carbocycles. The van der Waals surface area contributed by atoms with E-state index in [0.29, 0.717) is 23.8 Å². The third-order valence-electron chi connectivity index (χ3n) is 9.45. The number of benzene rings is 1. The number of amides is 1. The van der Waals surface area contributed by atoms with Gasteiger partial charge in [0.2, 0.25) is 5.91 Å². The zero-order chi connectivity index (χ0) is 28.7. The number of carbonyl (C=O) groups is 1. The van der Waals surface area contributed by atoms with Crippen molar-refractivity contribution in [3.05, 3.63) is 75.9 Å². The molecule has 0 unspecified atom stereocenters. The Morgan fingerprint density at radius 1 is 1.10 bits per heavy atom. The molecule has 2 N–H and O–H groups in total. The topological polar surface area (TPSA) is 61.0 Å². The van der Waals surface area contributed by atoms with Gasteiger partial charge in [0.05, 0.1) is 11.1 Å². The van der Waals surface area contributed by atoms with Crippen LogP contribution < -0.4 is 5.32 Å². The number of hydrogen-bond donors (Lipinski definition) is 2. The molecule has 2 aliphatic heterocycles. The van der Waals surface area contributed by atoms with Crippen LogP contribution in [0.5, 0.6) is 0 Å². The first-order valence-electron chi connectivity index (χ1n) is 15.4. The number of nitrogens with one attached hydrogen (secondary N) is 2. The van der Waals surface area contributed by atoms with E-state index in [9.17, 15) is 4.79 Å². The number of piperidine rings is 2. The molecular formula is C35H44N4OS. The number of pyridine rings is 1. The van der Waals surface area contributed by atoms with Crippen molar-refractivity contribution in [1.82, 2.24) is 20.2 Å². The summed E-state index contributed by atoms with van der Waals surface area (Å²) in [7, 11) is 0. The van der Waals surface area contributed by atoms with E-state index in [1.165, 1.54) is 69.4 Å². The number of aromatic amines is 1. The average Bonchev–Trinajstić information content (AvgIpc) is 3.55. The van der Waals surface area contributed by atoms with Crippen molar-refractivity contribution in [1.29, 1.82) is 0 Å². The van der Waals surface area contributed by atoms with Crippen molar-refractivity contribution in [2.75, 3.05) is 19.6 Å². The number of thiophene rings is 1. The highest BCUT2D eigenvalue weighted by atomic mass is 32.1. The van der Waals surface area contributed by atoms with Crippen molar-refractivity contribution >= 4 is 27.5 Å². The summed E-state index contributed by atoms with van der Waals surface area (Å²) in [4.78, 5) is 26.5. The van der Waals surface area contributed by atoms with Gasteiger partial charge >= 0.3 is 0 Å². The van der Waals surface area contributed by atoms with E-state index in [4.69, 9.17) is 0 Å². The predicted molar refractivity (Wildman–Crippen MR) is 171 cm³/mol. The lowest BCUT2D eigenvalue weighted by Crippen LogP contribution is -2.55. The second kappa shape index (κ2) is 11.4. The maximum Gasteiger partial charge on any atom is 0.233 e. The normalized spacial score (nSPS) is 19.7. The van der Waals surface area contributed by atoms with Crippen LogP contribution in [-0.4, -0.2) is 46.5 Å². The Balaban J connectivity index is 1.30. The van der Waals surface area contributed by atoms with Crippen molar-refractivity contribution < 1.29 is 4.79 Å². The summed E-state index contributed by atoms with van der Waals surface area (Å²) in [6.45, 7) is 13.7. The molecule has 6 heteroatoms. The fourth-order valence-electron chi connectivity index (χ4n) is 7.15. The van der Waals surface area contributed by atoms with Gasteiger partial charge in [-0.1, -0.05) is 24.1 Å². The summed E-state index contributed by atoms with van der Waals surface area (Å²) in [5.74, 6) is 1.30. The molecule has 0 spiro atoms.